The molecule has 0 aromatic heterocycles. The maximum Gasteiger partial charge on any atom is 0.203 e. The van der Waals surface area contributed by atoms with Crippen molar-refractivity contribution in [2.45, 2.75) is 31.6 Å². The normalized spacial score (nSPS) is 16.6. The molecule has 1 unspecified atom stereocenters. The molecule has 148 valence electrons. The number of halogens is 1. The van der Waals surface area contributed by atoms with Gasteiger partial charge in [0.15, 0.2) is 17.5 Å². The maximum absolute atomic E-state index is 5.52. The molecule has 1 aliphatic heterocycles. The molecule has 1 saturated heterocycles. The fourth-order valence-corrected chi connectivity index (χ4v) is 4.01. The minimum atomic E-state index is 0. The van der Waals surface area contributed by atoms with Gasteiger partial charge in [-0.3, -0.25) is 0 Å². The molecule has 0 bridgehead atoms. The second-order valence-electron chi connectivity index (χ2n) is 5.70. The lowest BCUT2D eigenvalue weighted by Crippen LogP contribution is -2.40. The summed E-state index contributed by atoms with van der Waals surface area (Å²) >= 11 is 2.04. The van der Waals surface area contributed by atoms with Crippen molar-refractivity contribution < 1.29 is 14.2 Å². The number of nitrogens with one attached hydrogen (secondary N) is 2. The number of methoxy groups -OCH3 is 3. The molecule has 1 atom stereocenters. The zero-order valence-corrected chi connectivity index (χ0v) is 19.1. The van der Waals surface area contributed by atoms with Crippen LogP contribution in [0, 0.1) is 0 Å². The number of benzene rings is 1. The van der Waals surface area contributed by atoms with Gasteiger partial charge in [0.2, 0.25) is 5.75 Å². The van der Waals surface area contributed by atoms with E-state index >= 15 is 0 Å². The Balaban J connectivity index is 0.00000338. The van der Waals surface area contributed by atoms with Gasteiger partial charge in [-0.1, -0.05) is 0 Å². The molecule has 1 heterocycles. The predicted octanol–water partition coefficient (Wildman–Crippen LogP) is 3.28. The van der Waals surface area contributed by atoms with Gasteiger partial charge in [0.1, 0.15) is 0 Å². The smallest absolute Gasteiger partial charge is 0.203 e. The molecule has 0 aliphatic carbocycles. The summed E-state index contributed by atoms with van der Waals surface area (Å²) in [5.41, 5.74) is 0.951. The lowest BCUT2D eigenvalue weighted by molar-refractivity contribution is 0.322. The number of aliphatic imine (C=N–C) groups is 1. The molecule has 26 heavy (non-hydrogen) atoms. The van der Waals surface area contributed by atoms with E-state index in [1.54, 1.807) is 21.3 Å². The summed E-state index contributed by atoms with van der Waals surface area (Å²) < 4.78 is 16.3. The van der Waals surface area contributed by atoms with Gasteiger partial charge in [-0.25, -0.2) is 4.99 Å². The number of rotatable bonds is 8. The summed E-state index contributed by atoms with van der Waals surface area (Å²) in [6.07, 6.45) is 2.59. The average Bonchev–Trinajstić information content (AvgIpc) is 3.16. The molecule has 0 saturated carbocycles. The average molecular weight is 495 g/mol. The number of guanidine groups is 1. The molecule has 6 nitrogen and oxygen atoms in total. The number of nitrogens with zero attached hydrogens (tertiary/aromatic N) is 1. The monoisotopic (exact) mass is 495 g/mol. The van der Waals surface area contributed by atoms with Crippen molar-refractivity contribution in [1.29, 1.82) is 0 Å². The first-order chi connectivity index (χ1) is 12.2. The van der Waals surface area contributed by atoms with Gasteiger partial charge in [0, 0.05) is 23.9 Å². The number of ether oxygens (including phenoxy) is 3. The first kappa shape index (κ1) is 23.0. The number of hydrogen-bond acceptors (Lipinski definition) is 5. The maximum atomic E-state index is 5.52. The molecule has 2 rings (SSSR count). The van der Waals surface area contributed by atoms with Crippen LogP contribution in [0.1, 0.15) is 25.3 Å². The highest BCUT2D eigenvalue weighted by Gasteiger charge is 2.17. The van der Waals surface area contributed by atoms with Gasteiger partial charge < -0.3 is 24.8 Å². The van der Waals surface area contributed by atoms with Crippen molar-refractivity contribution in [3.8, 4) is 17.2 Å². The Morgan fingerprint density at radius 2 is 1.92 bits per heavy atom. The van der Waals surface area contributed by atoms with Crippen LogP contribution in [-0.4, -0.2) is 51.4 Å². The zero-order valence-electron chi connectivity index (χ0n) is 16.0. The number of hydrogen-bond donors (Lipinski definition) is 2. The van der Waals surface area contributed by atoms with E-state index in [1.165, 1.54) is 18.6 Å². The van der Waals surface area contributed by atoms with Gasteiger partial charge in [0.25, 0.3) is 0 Å². The van der Waals surface area contributed by atoms with Crippen molar-refractivity contribution in [3.63, 3.8) is 0 Å². The Kier molecular flexibility index (Phi) is 11.0. The third kappa shape index (κ3) is 6.29. The lowest BCUT2D eigenvalue weighted by atomic mass is 10.1. The minimum absolute atomic E-state index is 0. The molecule has 1 aromatic rings. The molecule has 0 spiro atoms. The minimum Gasteiger partial charge on any atom is -0.493 e. The molecule has 2 N–H and O–H groups in total. The predicted molar refractivity (Wildman–Crippen MR) is 120 cm³/mol. The van der Waals surface area contributed by atoms with Crippen LogP contribution in [0.2, 0.25) is 0 Å². The van der Waals surface area contributed by atoms with E-state index in [0.717, 1.165) is 24.6 Å². The Morgan fingerprint density at radius 1 is 1.15 bits per heavy atom. The molecule has 8 heteroatoms. The van der Waals surface area contributed by atoms with E-state index in [0.29, 0.717) is 29.0 Å². The molecule has 1 aliphatic rings. The van der Waals surface area contributed by atoms with Crippen LogP contribution in [0.15, 0.2) is 17.1 Å². The third-order valence-electron chi connectivity index (χ3n) is 4.06. The van der Waals surface area contributed by atoms with Gasteiger partial charge in [0.05, 0.1) is 27.9 Å². The Labute approximate surface area is 177 Å². The first-order valence-corrected chi connectivity index (χ1v) is 9.70. The van der Waals surface area contributed by atoms with E-state index in [9.17, 15) is 0 Å². The molecular weight excluding hydrogens is 465 g/mol. The molecule has 0 amide bonds. The zero-order chi connectivity index (χ0) is 18.1. The molecule has 1 fully saturated rings. The second-order valence-corrected chi connectivity index (χ2v) is 7.11. The van der Waals surface area contributed by atoms with Crippen LogP contribution in [0.3, 0.4) is 0 Å². The van der Waals surface area contributed by atoms with Crippen molar-refractivity contribution in [3.05, 3.63) is 17.7 Å². The summed E-state index contributed by atoms with van der Waals surface area (Å²) in [4.78, 5) is 4.69. The van der Waals surface area contributed by atoms with Crippen LogP contribution in [0.4, 0.5) is 0 Å². The van der Waals surface area contributed by atoms with Gasteiger partial charge in [-0.05, 0) is 37.7 Å². The standard InChI is InChI=1S/C18H29N3O3S.HI/c1-5-19-18(21-12-14-7-6-10-25-14)20-11-13-8-9-15(22-2)17(24-4)16(13)23-3;/h8-9,14H,5-7,10-12H2,1-4H3,(H2,19,20,21);1H. The Bertz CT molecular complexity index is 581. The molecule has 0 radical (unpaired) electrons. The summed E-state index contributed by atoms with van der Waals surface area (Å²) in [6.45, 7) is 4.33. The van der Waals surface area contributed by atoms with Gasteiger partial charge in [-0.15, -0.1) is 24.0 Å². The third-order valence-corrected chi connectivity index (χ3v) is 5.46. The lowest BCUT2D eigenvalue weighted by Gasteiger charge is -2.16. The van der Waals surface area contributed by atoms with Gasteiger partial charge >= 0.3 is 0 Å². The van der Waals surface area contributed by atoms with Crippen molar-refractivity contribution in [2.24, 2.45) is 4.99 Å². The fraction of sp³-hybridized carbons (Fsp3) is 0.611. The highest BCUT2D eigenvalue weighted by atomic mass is 127. The van der Waals surface area contributed by atoms with Crippen LogP contribution in [-0.2, 0) is 6.54 Å². The number of thioether (sulfide) groups is 1. The van der Waals surface area contributed by atoms with Crippen molar-refractivity contribution >= 4 is 41.7 Å². The van der Waals surface area contributed by atoms with Gasteiger partial charge in [-0.2, -0.15) is 11.8 Å². The molecular formula is C18H30IN3O3S. The van der Waals surface area contributed by atoms with Crippen LogP contribution >= 0.6 is 35.7 Å². The summed E-state index contributed by atoms with van der Waals surface area (Å²) in [5.74, 6) is 4.00. The highest BCUT2D eigenvalue weighted by molar-refractivity contribution is 14.0. The van der Waals surface area contributed by atoms with Crippen LogP contribution < -0.4 is 24.8 Å². The summed E-state index contributed by atoms with van der Waals surface area (Å²) in [7, 11) is 4.85. The summed E-state index contributed by atoms with van der Waals surface area (Å²) in [5, 5.41) is 7.42. The topological polar surface area (TPSA) is 64.1 Å². The van der Waals surface area contributed by atoms with E-state index in [-0.39, 0.29) is 24.0 Å². The SMILES string of the molecule is CCNC(=NCc1ccc(OC)c(OC)c1OC)NCC1CCCS1.I. The van der Waals surface area contributed by atoms with E-state index < -0.39 is 0 Å². The summed E-state index contributed by atoms with van der Waals surface area (Å²) in [6, 6.07) is 3.84. The molecule has 1 aromatic carbocycles. The fourth-order valence-electron chi connectivity index (χ4n) is 2.81. The van der Waals surface area contributed by atoms with Crippen molar-refractivity contribution in [2.75, 3.05) is 40.2 Å². The van der Waals surface area contributed by atoms with Crippen LogP contribution in [0.5, 0.6) is 17.2 Å². The highest BCUT2D eigenvalue weighted by Crippen LogP contribution is 2.39. The van der Waals surface area contributed by atoms with Crippen molar-refractivity contribution in [1.82, 2.24) is 10.6 Å². The first-order valence-electron chi connectivity index (χ1n) is 8.65. The van der Waals surface area contributed by atoms with Crippen LogP contribution in [0.25, 0.3) is 0 Å². The quantitative estimate of drug-likeness (QED) is 0.328. The van der Waals surface area contributed by atoms with E-state index in [2.05, 4.69) is 17.6 Å². The second kappa shape index (κ2) is 12.4. The van der Waals surface area contributed by atoms with E-state index in [4.69, 9.17) is 19.2 Å². The largest absolute Gasteiger partial charge is 0.493 e. The Morgan fingerprint density at radius 3 is 2.50 bits per heavy atom. The Hall–Kier alpha value is -1.03. The van der Waals surface area contributed by atoms with E-state index in [1.807, 2.05) is 23.9 Å².